The first-order valence-electron chi connectivity index (χ1n) is 9.70. The van der Waals surface area contributed by atoms with Crippen LogP contribution < -0.4 is 14.8 Å². The van der Waals surface area contributed by atoms with Gasteiger partial charge < -0.3 is 14.8 Å². The molecule has 142 valence electrons. The predicted octanol–water partition coefficient (Wildman–Crippen LogP) is 3.94. The fraction of sp³-hybridized carbons (Fsp3) is 0.409. The number of likely N-dealkylation sites (tertiary alicyclic amines) is 1. The maximum atomic E-state index is 12.5. The largest absolute Gasteiger partial charge is 0.486 e. The van der Waals surface area contributed by atoms with Crippen LogP contribution in [0.25, 0.3) is 0 Å². The zero-order chi connectivity index (χ0) is 18.6. The third-order valence-corrected chi connectivity index (χ3v) is 5.30. The standard InChI is InChI=1S/C22H26N2O3/c1-16-8-10-24(11-9-16)15-17-2-4-18(5-3-17)22(25)23-19-6-7-20-21(14-19)27-13-12-26-20/h2-7,14,16H,8-13,15H2,1H3,(H,23,25). The summed E-state index contributed by atoms with van der Waals surface area (Å²) in [5, 5.41) is 2.93. The van der Waals surface area contributed by atoms with Crippen molar-refractivity contribution >= 4 is 11.6 Å². The van der Waals surface area contributed by atoms with Crippen molar-refractivity contribution in [3.8, 4) is 11.5 Å². The topological polar surface area (TPSA) is 50.8 Å². The van der Waals surface area contributed by atoms with Crippen molar-refractivity contribution in [3.05, 3.63) is 53.6 Å². The Kier molecular flexibility index (Phi) is 5.30. The Morgan fingerprint density at radius 1 is 1.04 bits per heavy atom. The molecule has 2 aliphatic heterocycles. The van der Waals surface area contributed by atoms with E-state index in [1.807, 2.05) is 24.3 Å². The number of hydrogen-bond acceptors (Lipinski definition) is 4. The van der Waals surface area contributed by atoms with Crippen molar-refractivity contribution in [3.63, 3.8) is 0 Å². The molecule has 0 aliphatic carbocycles. The predicted molar refractivity (Wildman–Crippen MR) is 106 cm³/mol. The smallest absolute Gasteiger partial charge is 0.255 e. The summed E-state index contributed by atoms with van der Waals surface area (Å²) >= 11 is 0. The molecule has 2 aromatic carbocycles. The van der Waals surface area contributed by atoms with Crippen LogP contribution in [-0.4, -0.2) is 37.1 Å². The van der Waals surface area contributed by atoms with Gasteiger partial charge in [-0.25, -0.2) is 0 Å². The molecule has 0 radical (unpaired) electrons. The fourth-order valence-electron chi connectivity index (χ4n) is 3.56. The van der Waals surface area contributed by atoms with E-state index in [1.54, 1.807) is 6.07 Å². The van der Waals surface area contributed by atoms with Crippen LogP contribution in [-0.2, 0) is 6.54 Å². The molecule has 1 fully saturated rings. The van der Waals surface area contributed by atoms with Crippen molar-refractivity contribution < 1.29 is 14.3 Å². The average molecular weight is 366 g/mol. The van der Waals surface area contributed by atoms with Gasteiger partial charge in [-0.15, -0.1) is 0 Å². The van der Waals surface area contributed by atoms with Gasteiger partial charge in [-0.1, -0.05) is 19.1 Å². The molecule has 0 saturated carbocycles. The fourth-order valence-corrected chi connectivity index (χ4v) is 3.56. The number of nitrogens with one attached hydrogen (secondary N) is 1. The Bertz CT molecular complexity index is 796. The lowest BCUT2D eigenvalue weighted by Crippen LogP contribution is -2.32. The summed E-state index contributed by atoms with van der Waals surface area (Å²) in [6.45, 7) is 6.69. The van der Waals surface area contributed by atoms with Crippen LogP contribution >= 0.6 is 0 Å². The number of piperidine rings is 1. The van der Waals surface area contributed by atoms with Crippen molar-refractivity contribution in [2.75, 3.05) is 31.6 Å². The molecule has 0 spiro atoms. The van der Waals surface area contributed by atoms with E-state index in [0.29, 0.717) is 30.2 Å². The van der Waals surface area contributed by atoms with Crippen LogP contribution in [0.15, 0.2) is 42.5 Å². The van der Waals surface area contributed by atoms with Gasteiger partial charge in [0.2, 0.25) is 0 Å². The maximum Gasteiger partial charge on any atom is 0.255 e. The molecule has 5 heteroatoms. The summed E-state index contributed by atoms with van der Waals surface area (Å²) in [6, 6.07) is 13.4. The van der Waals surface area contributed by atoms with E-state index >= 15 is 0 Å². The van der Waals surface area contributed by atoms with Crippen LogP contribution in [0.2, 0.25) is 0 Å². The molecule has 2 heterocycles. The number of nitrogens with zero attached hydrogens (tertiary/aromatic N) is 1. The second-order valence-electron chi connectivity index (χ2n) is 7.47. The van der Waals surface area contributed by atoms with Crippen LogP contribution in [0.1, 0.15) is 35.7 Å². The van der Waals surface area contributed by atoms with E-state index < -0.39 is 0 Å². The molecule has 0 bridgehead atoms. The quantitative estimate of drug-likeness (QED) is 0.890. The van der Waals surface area contributed by atoms with Gasteiger partial charge in [0.15, 0.2) is 11.5 Å². The molecule has 5 nitrogen and oxygen atoms in total. The van der Waals surface area contributed by atoms with Crippen molar-refractivity contribution in [1.82, 2.24) is 4.90 Å². The zero-order valence-corrected chi connectivity index (χ0v) is 15.7. The number of rotatable bonds is 4. The molecule has 0 atom stereocenters. The highest BCUT2D eigenvalue weighted by Gasteiger charge is 2.16. The number of fused-ring (bicyclic) bond motifs is 1. The molecule has 2 aromatic rings. The molecule has 2 aliphatic rings. The lowest BCUT2D eigenvalue weighted by molar-refractivity contribution is 0.102. The maximum absolute atomic E-state index is 12.5. The van der Waals surface area contributed by atoms with Gasteiger partial charge in [-0.2, -0.15) is 0 Å². The van der Waals surface area contributed by atoms with Crippen LogP contribution in [0.5, 0.6) is 11.5 Å². The lowest BCUT2D eigenvalue weighted by atomic mass is 9.99. The minimum Gasteiger partial charge on any atom is -0.486 e. The summed E-state index contributed by atoms with van der Waals surface area (Å²) in [5.74, 6) is 2.11. The van der Waals surface area contributed by atoms with Crippen molar-refractivity contribution in [2.45, 2.75) is 26.3 Å². The van der Waals surface area contributed by atoms with Crippen LogP contribution in [0, 0.1) is 5.92 Å². The number of carbonyl (C=O) groups excluding carboxylic acids is 1. The third-order valence-electron chi connectivity index (χ3n) is 5.30. The lowest BCUT2D eigenvalue weighted by Gasteiger charge is -2.30. The number of hydrogen-bond donors (Lipinski definition) is 1. The molecular formula is C22H26N2O3. The number of amides is 1. The monoisotopic (exact) mass is 366 g/mol. The molecule has 1 amide bonds. The van der Waals surface area contributed by atoms with Gasteiger partial charge in [0, 0.05) is 23.9 Å². The summed E-state index contributed by atoms with van der Waals surface area (Å²) in [4.78, 5) is 15.0. The summed E-state index contributed by atoms with van der Waals surface area (Å²) in [5.41, 5.74) is 2.61. The van der Waals surface area contributed by atoms with E-state index in [4.69, 9.17) is 9.47 Å². The van der Waals surface area contributed by atoms with E-state index in [-0.39, 0.29) is 5.91 Å². The molecule has 0 aromatic heterocycles. The van der Waals surface area contributed by atoms with Gasteiger partial charge in [-0.05, 0) is 61.7 Å². The minimum absolute atomic E-state index is 0.120. The Morgan fingerprint density at radius 2 is 1.74 bits per heavy atom. The molecular weight excluding hydrogens is 340 g/mol. The first-order chi connectivity index (χ1) is 13.2. The van der Waals surface area contributed by atoms with Gasteiger partial charge in [0.25, 0.3) is 5.91 Å². The second-order valence-corrected chi connectivity index (χ2v) is 7.47. The highest BCUT2D eigenvalue weighted by Crippen LogP contribution is 2.32. The zero-order valence-electron chi connectivity index (χ0n) is 15.7. The normalized spacial score (nSPS) is 17.5. The second kappa shape index (κ2) is 8.01. The SMILES string of the molecule is CC1CCN(Cc2ccc(C(=O)Nc3ccc4c(c3)OCCO4)cc2)CC1. The van der Waals surface area contributed by atoms with E-state index in [0.717, 1.165) is 31.3 Å². The Morgan fingerprint density at radius 3 is 2.48 bits per heavy atom. The Balaban J connectivity index is 1.36. The van der Waals surface area contributed by atoms with E-state index in [9.17, 15) is 4.79 Å². The van der Waals surface area contributed by atoms with E-state index in [2.05, 4.69) is 29.3 Å². The molecule has 27 heavy (non-hydrogen) atoms. The number of benzene rings is 2. The summed E-state index contributed by atoms with van der Waals surface area (Å²) < 4.78 is 11.1. The Hall–Kier alpha value is -2.53. The molecule has 4 rings (SSSR count). The number of anilines is 1. The molecule has 0 unspecified atom stereocenters. The molecule has 1 saturated heterocycles. The summed E-state index contributed by atoms with van der Waals surface area (Å²) in [7, 11) is 0. The van der Waals surface area contributed by atoms with E-state index in [1.165, 1.54) is 18.4 Å². The molecule has 1 N–H and O–H groups in total. The van der Waals surface area contributed by atoms with Gasteiger partial charge >= 0.3 is 0 Å². The van der Waals surface area contributed by atoms with Crippen molar-refractivity contribution in [2.24, 2.45) is 5.92 Å². The van der Waals surface area contributed by atoms with Gasteiger partial charge in [0.1, 0.15) is 13.2 Å². The van der Waals surface area contributed by atoms with Crippen LogP contribution in [0.4, 0.5) is 5.69 Å². The highest BCUT2D eigenvalue weighted by atomic mass is 16.6. The first-order valence-corrected chi connectivity index (χ1v) is 9.70. The minimum atomic E-state index is -0.120. The highest BCUT2D eigenvalue weighted by molar-refractivity contribution is 6.04. The summed E-state index contributed by atoms with van der Waals surface area (Å²) in [6.07, 6.45) is 2.55. The number of ether oxygens (including phenoxy) is 2. The first kappa shape index (κ1) is 17.9. The van der Waals surface area contributed by atoms with Gasteiger partial charge in [-0.3, -0.25) is 9.69 Å². The van der Waals surface area contributed by atoms with Crippen molar-refractivity contribution in [1.29, 1.82) is 0 Å². The number of carbonyl (C=O) groups is 1. The Labute approximate surface area is 160 Å². The van der Waals surface area contributed by atoms with Crippen LogP contribution in [0.3, 0.4) is 0 Å². The average Bonchev–Trinajstić information content (AvgIpc) is 2.70. The third kappa shape index (κ3) is 4.42. The van der Waals surface area contributed by atoms with Gasteiger partial charge in [0.05, 0.1) is 0 Å².